The van der Waals surface area contributed by atoms with Crippen LogP contribution < -0.4 is 9.62 Å². The average molecular weight is 513 g/mol. The molecule has 0 spiro atoms. The second-order valence-corrected chi connectivity index (χ2v) is 10.7. The lowest BCUT2D eigenvalue weighted by molar-refractivity contribution is -0.139. The first-order valence-corrected chi connectivity index (χ1v) is 12.4. The molecule has 0 heterocycles. The highest BCUT2D eigenvalue weighted by Gasteiger charge is 2.33. The van der Waals surface area contributed by atoms with Crippen molar-refractivity contribution in [3.05, 3.63) is 64.9 Å². The molecule has 0 radical (unpaired) electrons. The third kappa shape index (κ3) is 6.91. The normalized spacial score (nSPS) is 12.5. The van der Waals surface area contributed by atoms with E-state index < -0.39 is 40.4 Å². The topological polar surface area (TPSA) is 90.0 Å². The molecule has 0 saturated carbocycles. The Hall–Kier alpha value is -2.69. The van der Waals surface area contributed by atoms with Gasteiger partial charge in [-0.3, -0.25) is 9.59 Å². The predicted octanol–water partition coefficient (Wildman–Crippen LogP) is 3.03. The first-order chi connectivity index (χ1) is 15.8. The van der Waals surface area contributed by atoms with Crippen molar-refractivity contribution in [1.29, 1.82) is 0 Å². The zero-order valence-electron chi connectivity index (χ0n) is 19.8. The lowest BCUT2D eigenvalue weighted by atomic mass is 10.1. The predicted molar refractivity (Wildman–Crippen MR) is 131 cm³/mol. The maximum Gasteiger partial charge on any atom is 0.304 e. The standard InChI is InChI=1S/C23H30ClFN4O4S/c1-16(2)26-23(31)17(3)28(14-18-10-12-19(24)13-11-18)22(30)15-29(34(32,33)27(4)5)21-9-7-6-8-20(21)25/h6-13,16-17H,14-15H2,1-5H3,(H,26,31)/t17-/m0/s1. The van der Waals surface area contributed by atoms with E-state index in [-0.39, 0.29) is 18.3 Å². The fraction of sp³-hybridized carbons (Fsp3) is 0.391. The van der Waals surface area contributed by atoms with Crippen LogP contribution in [-0.4, -0.2) is 62.2 Å². The van der Waals surface area contributed by atoms with E-state index in [1.807, 2.05) is 0 Å². The fourth-order valence-electron chi connectivity index (χ4n) is 3.13. The van der Waals surface area contributed by atoms with Crippen molar-refractivity contribution in [3.63, 3.8) is 0 Å². The van der Waals surface area contributed by atoms with Crippen molar-refractivity contribution in [1.82, 2.24) is 14.5 Å². The molecule has 34 heavy (non-hydrogen) atoms. The Labute approximate surface area is 205 Å². The minimum atomic E-state index is -4.23. The van der Waals surface area contributed by atoms with E-state index in [0.717, 1.165) is 10.4 Å². The summed E-state index contributed by atoms with van der Waals surface area (Å²) in [6.07, 6.45) is 0. The summed E-state index contributed by atoms with van der Waals surface area (Å²) in [4.78, 5) is 27.5. The molecule has 1 N–H and O–H groups in total. The number of hydrogen-bond donors (Lipinski definition) is 1. The van der Waals surface area contributed by atoms with Gasteiger partial charge in [-0.25, -0.2) is 8.70 Å². The first kappa shape index (κ1) is 27.6. The van der Waals surface area contributed by atoms with Gasteiger partial charge in [0.15, 0.2) is 0 Å². The maximum atomic E-state index is 14.6. The van der Waals surface area contributed by atoms with Gasteiger partial charge in [-0.05, 0) is 50.6 Å². The molecule has 2 aromatic rings. The van der Waals surface area contributed by atoms with Gasteiger partial charge in [0.2, 0.25) is 11.8 Å². The summed E-state index contributed by atoms with van der Waals surface area (Å²) in [5, 5.41) is 3.27. The third-order valence-corrected chi connectivity index (χ3v) is 7.06. The summed E-state index contributed by atoms with van der Waals surface area (Å²) in [5.41, 5.74) is 0.421. The van der Waals surface area contributed by atoms with Gasteiger partial charge in [0.1, 0.15) is 18.4 Å². The van der Waals surface area contributed by atoms with Crippen molar-refractivity contribution in [2.24, 2.45) is 0 Å². The zero-order chi connectivity index (χ0) is 25.6. The van der Waals surface area contributed by atoms with E-state index in [0.29, 0.717) is 14.9 Å². The van der Waals surface area contributed by atoms with E-state index in [1.54, 1.807) is 45.0 Å². The summed E-state index contributed by atoms with van der Waals surface area (Å²) in [7, 11) is -1.65. The summed E-state index contributed by atoms with van der Waals surface area (Å²) < 4.78 is 42.2. The van der Waals surface area contributed by atoms with Crippen molar-refractivity contribution in [2.75, 3.05) is 24.9 Å². The van der Waals surface area contributed by atoms with E-state index in [9.17, 15) is 22.4 Å². The highest BCUT2D eigenvalue weighted by Crippen LogP contribution is 2.24. The monoisotopic (exact) mass is 512 g/mol. The Morgan fingerprint density at radius 1 is 1.03 bits per heavy atom. The van der Waals surface area contributed by atoms with E-state index >= 15 is 0 Å². The number of rotatable bonds is 10. The quantitative estimate of drug-likeness (QED) is 0.530. The molecular weight excluding hydrogens is 483 g/mol. The molecule has 11 heteroatoms. The number of benzene rings is 2. The lowest BCUT2D eigenvalue weighted by Crippen LogP contribution is -2.53. The lowest BCUT2D eigenvalue weighted by Gasteiger charge is -2.33. The van der Waals surface area contributed by atoms with E-state index in [1.165, 1.54) is 37.2 Å². The fourth-order valence-corrected chi connectivity index (χ4v) is 4.32. The molecule has 0 saturated heterocycles. The molecule has 8 nitrogen and oxygen atoms in total. The second-order valence-electron chi connectivity index (χ2n) is 8.24. The highest BCUT2D eigenvalue weighted by molar-refractivity contribution is 7.90. The number of halogens is 2. The number of nitrogens with one attached hydrogen (secondary N) is 1. The van der Waals surface area contributed by atoms with E-state index in [4.69, 9.17) is 11.6 Å². The van der Waals surface area contributed by atoms with Crippen LogP contribution in [0.1, 0.15) is 26.3 Å². The van der Waals surface area contributed by atoms with E-state index in [2.05, 4.69) is 5.32 Å². The largest absolute Gasteiger partial charge is 0.352 e. The van der Waals surface area contributed by atoms with Gasteiger partial charge in [0.05, 0.1) is 5.69 Å². The van der Waals surface area contributed by atoms with Crippen molar-refractivity contribution in [2.45, 2.75) is 39.4 Å². The summed E-state index contributed by atoms with van der Waals surface area (Å²) >= 11 is 5.95. The second kappa shape index (κ2) is 11.6. The minimum absolute atomic E-state index is 0.0236. The first-order valence-electron chi connectivity index (χ1n) is 10.6. The number of para-hydroxylation sites is 1. The van der Waals surface area contributed by atoms with Crippen LogP contribution in [-0.2, 0) is 26.3 Å². The van der Waals surface area contributed by atoms with Crippen LogP contribution in [0.4, 0.5) is 10.1 Å². The molecule has 1 atom stereocenters. The van der Waals surface area contributed by atoms with Crippen LogP contribution >= 0.6 is 11.6 Å². The molecule has 186 valence electrons. The Balaban J connectivity index is 2.46. The maximum absolute atomic E-state index is 14.6. The molecule has 0 fully saturated rings. The van der Waals surface area contributed by atoms with Crippen molar-refractivity contribution < 1.29 is 22.4 Å². The molecular formula is C23H30ClFN4O4S. The molecule has 0 aliphatic heterocycles. The molecule has 0 aliphatic rings. The van der Waals surface area contributed by atoms with Gasteiger partial charge in [0.25, 0.3) is 0 Å². The van der Waals surface area contributed by atoms with Gasteiger partial charge in [-0.2, -0.15) is 12.7 Å². The molecule has 2 rings (SSSR count). The Morgan fingerprint density at radius 2 is 1.62 bits per heavy atom. The number of amides is 2. The summed E-state index contributed by atoms with van der Waals surface area (Å²) in [6, 6.07) is 10.9. The summed E-state index contributed by atoms with van der Waals surface area (Å²) in [6.45, 7) is 4.46. The van der Waals surface area contributed by atoms with Crippen LogP contribution in [0.5, 0.6) is 0 Å². The van der Waals surface area contributed by atoms with Gasteiger partial charge in [0, 0.05) is 31.7 Å². The number of anilines is 1. The van der Waals surface area contributed by atoms with Crippen LogP contribution in [0, 0.1) is 5.82 Å². The van der Waals surface area contributed by atoms with Gasteiger partial charge < -0.3 is 10.2 Å². The number of carbonyl (C=O) groups excluding carboxylic acids is 2. The van der Waals surface area contributed by atoms with Crippen molar-refractivity contribution >= 4 is 39.3 Å². The smallest absolute Gasteiger partial charge is 0.304 e. The highest BCUT2D eigenvalue weighted by atomic mass is 35.5. The molecule has 0 bridgehead atoms. The summed E-state index contributed by atoms with van der Waals surface area (Å²) in [5.74, 6) is -1.86. The number of hydrogen-bond acceptors (Lipinski definition) is 4. The van der Waals surface area contributed by atoms with Gasteiger partial charge in [-0.1, -0.05) is 35.9 Å². The molecule has 0 aromatic heterocycles. The molecule has 0 unspecified atom stereocenters. The molecule has 0 aliphatic carbocycles. The van der Waals surface area contributed by atoms with Crippen LogP contribution in [0.15, 0.2) is 48.5 Å². The third-order valence-electron chi connectivity index (χ3n) is 5.00. The number of carbonyl (C=O) groups is 2. The van der Waals surface area contributed by atoms with Gasteiger partial charge in [-0.15, -0.1) is 0 Å². The zero-order valence-corrected chi connectivity index (χ0v) is 21.4. The average Bonchev–Trinajstić information content (AvgIpc) is 2.76. The Bertz CT molecular complexity index is 1110. The Morgan fingerprint density at radius 3 is 2.15 bits per heavy atom. The molecule has 2 amide bonds. The molecule has 2 aromatic carbocycles. The van der Waals surface area contributed by atoms with Crippen LogP contribution in [0.3, 0.4) is 0 Å². The SMILES string of the molecule is CC(C)NC(=O)[C@H](C)N(Cc1ccc(Cl)cc1)C(=O)CN(c1ccccc1F)S(=O)(=O)N(C)C. The van der Waals surface area contributed by atoms with Crippen LogP contribution in [0.2, 0.25) is 5.02 Å². The number of nitrogens with zero attached hydrogens (tertiary/aromatic N) is 3. The Kier molecular flexibility index (Phi) is 9.43. The van der Waals surface area contributed by atoms with Crippen molar-refractivity contribution in [3.8, 4) is 0 Å². The van der Waals surface area contributed by atoms with Crippen LogP contribution in [0.25, 0.3) is 0 Å². The minimum Gasteiger partial charge on any atom is -0.352 e. The van der Waals surface area contributed by atoms with Gasteiger partial charge >= 0.3 is 10.2 Å².